The van der Waals surface area contributed by atoms with Crippen LogP contribution >= 0.6 is 15.9 Å². The molecule has 0 bridgehead atoms. The number of hydrogen-bond donors (Lipinski definition) is 1. The van der Waals surface area contributed by atoms with Gasteiger partial charge in [0, 0.05) is 17.1 Å². The monoisotopic (exact) mass is 342 g/mol. The first-order valence-corrected chi connectivity index (χ1v) is 7.68. The van der Waals surface area contributed by atoms with Crippen LogP contribution in [0.15, 0.2) is 22.7 Å². The fourth-order valence-corrected chi connectivity index (χ4v) is 2.66. The zero-order valence-corrected chi connectivity index (χ0v) is 14.2. The van der Waals surface area contributed by atoms with Crippen molar-refractivity contribution in [3.05, 3.63) is 28.2 Å². The first-order valence-electron chi connectivity index (χ1n) is 6.89. The average molecular weight is 343 g/mol. The Hall–Kier alpha value is -1.07. The minimum atomic E-state index is -0.0708. The lowest BCUT2D eigenvalue weighted by atomic mass is 10.2. The Morgan fingerprint density at radius 2 is 2.05 bits per heavy atom. The number of methoxy groups -OCH3 is 1. The molecule has 0 spiro atoms. The molecule has 4 nitrogen and oxygen atoms in total. The molecule has 1 amide bonds. The van der Waals surface area contributed by atoms with Gasteiger partial charge in [-0.25, -0.2) is 0 Å². The van der Waals surface area contributed by atoms with Crippen LogP contribution < -0.4 is 10.1 Å². The van der Waals surface area contributed by atoms with E-state index in [2.05, 4.69) is 46.9 Å². The molecule has 112 valence electrons. The van der Waals surface area contributed by atoms with E-state index in [-0.39, 0.29) is 5.91 Å². The predicted molar refractivity (Wildman–Crippen MR) is 85.4 cm³/mol. The molecular formula is C15H23BrN2O2. The minimum Gasteiger partial charge on any atom is -0.497 e. The largest absolute Gasteiger partial charge is 0.497 e. The van der Waals surface area contributed by atoms with Crippen molar-refractivity contribution in [1.29, 1.82) is 0 Å². The fourth-order valence-electron chi connectivity index (χ4n) is 2.12. The van der Waals surface area contributed by atoms with E-state index >= 15 is 0 Å². The molecule has 0 aliphatic carbocycles. The number of rotatable bonds is 7. The smallest absolute Gasteiger partial charge is 0.252 e. The van der Waals surface area contributed by atoms with Crippen LogP contribution in [0.2, 0.25) is 0 Å². The molecule has 5 heteroatoms. The zero-order valence-electron chi connectivity index (χ0n) is 12.6. The van der Waals surface area contributed by atoms with Gasteiger partial charge in [-0.15, -0.1) is 0 Å². The number of carbonyl (C=O) groups is 1. The topological polar surface area (TPSA) is 41.6 Å². The van der Waals surface area contributed by atoms with Gasteiger partial charge in [-0.1, -0.05) is 13.8 Å². The van der Waals surface area contributed by atoms with Crippen LogP contribution in [0.5, 0.6) is 5.75 Å². The summed E-state index contributed by atoms with van der Waals surface area (Å²) in [4.78, 5) is 14.5. The quantitative estimate of drug-likeness (QED) is 0.828. The summed E-state index contributed by atoms with van der Waals surface area (Å²) in [6, 6.07) is 5.67. The van der Waals surface area contributed by atoms with E-state index in [0.29, 0.717) is 18.2 Å². The number of nitrogens with zero attached hydrogens (tertiary/aromatic N) is 1. The molecule has 1 unspecified atom stereocenters. The molecule has 1 rings (SSSR count). The van der Waals surface area contributed by atoms with Gasteiger partial charge in [0.05, 0.1) is 12.7 Å². The molecule has 0 radical (unpaired) electrons. The van der Waals surface area contributed by atoms with E-state index in [9.17, 15) is 4.79 Å². The second-order valence-electron chi connectivity index (χ2n) is 4.63. The van der Waals surface area contributed by atoms with E-state index in [0.717, 1.165) is 23.3 Å². The van der Waals surface area contributed by atoms with Gasteiger partial charge in [0.1, 0.15) is 5.75 Å². The summed E-state index contributed by atoms with van der Waals surface area (Å²) < 4.78 is 5.86. The van der Waals surface area contributed by atoms with E-state index in [4.69, 9.17) is 4.74 Å². The Labute approximate surface area is 129 Å². The Morgan fingerprint density at radius 3 is 2.55 bits per heavy atom. The summed E-state index contributed by atoms with van der Waals surface area (Å²) in [6.45, 7) is 8.98. The third kappa shape index (κ3) is 4.49. The lowest BCUT2D eigenvalue weighted by molar-refractivity contribution is 0.0937. The van der Waals surface area contributed by atoms with E-state index in [1.165, 1.54) is 0 Å². The third-order valence-electron chi connectivity index (χ3n) is 3.41. The number of hydrogen-bond acceptors (Lipinski definition) is 3. The summed E-state index contributed by atoms with van der Waals surface area (Å²) in [5.74, 6) is 0.656. The predicted octanol–water partition coefficient (Wildman–Crippen LogP) is 2.92. The maximum absolute atomic E-state index is 12.2. The number of nitrogens with one attached hydrogen (secondary N) is 1. The zero-order chi connectivity index (χ0) is 15.1. The van der Waals surface area contributed by atoms with Crippen LogP contribution in [0, 0.1) is 0 Å². The Balaban J connectivity index is 2.63. The highest BCUT2D eigenvalue weighted by molar-refractivity contribution is 9.10. The van der Waals surface area contributed by atoms with Gasteiger partial charge >= 0.3 is 0 Å². The Morgan fingerprint density at radius 1 is 1.40 bits per heavy atom. The highest BCUT2D eigenvalue weighted by Crippen LogP contribution is 2.22. The number of amides is 1. The van der Waals surface area contributed by atoms with Gasteiger partial charge in [-0.3, -0.25) is 9.69 Å². The van der Waals surface area contributed by atoms with Crippen LogP contribution in [0.4, 0.5) is 0 Å². The number of halogens is 1. The van der Waals surface area contributed by atoms with Crippen molar-refractivity contribution in [3.8, 4) is 5.75 Å². The van der Waals surface area contributed by atoms with Crippen LogP contribution in [-0.2, 0) is 0 Å². The molecule has 0 saturated heterocycles. The summed E-state index contributed by atoms with van der Waals surface area (Å²) in [5, 5.41) is 2.97. The summed E-state index contributed by atoms with van der Waals surface area (Å²) >= 11 is 3.40. The van der Waals surface area contributed by atoms with Crippen molar-refractivity contribution < 1.29 is 9.53 Å². The molecule has 0 aromatic heterocycles. The Kier molecular flexibility index (Phi) is 7.02. The number of benzene rings is 1. The molecule has 20 heavy (non-hydrogen) atoms. The maximum Gasteiger partial charge on any atom is 0.252 e. The van der Waals surface area contributed by atoms with Crippen molar-refractivity contribution in [2.75, 3.05) is 26.7 Å². The highest BCUT2D eigenvalue weighted by atomic mass is 79.9. The molecule has 1 N–H and O–H groups in total. The standard InChI is InChI=1S/C15H23BrN2O2/c1-5-18(6-2)11(3)10-17-15(19)13-8-7-12(20-4)9-14(13)16/h7-9,11H,5-6,10H2,1-4H3,(H,17,19). The minimum absolute atomic E-state index is 0.0708. The molecule has 0 heterocycles. The van der Waals surface area contributed by atoms with Gasteiger partial charge in [-0.2, -0.15) is 0 Å². The lowest BCUT2D eigenvalue weighted by Gasteiger charge is -2.26. The van der Waals surface area contributed by atoms with Crippen molar-refractivity contribution in [1.82, 2.24) is 10.2 Å². The number of likely N-dealkylation sites (N-methyl/N-ethyl adjacent to an activating group) is 1. The average Bonchev–Trinajstić information content (AvgIpc) is 2.45. The lowest BCUT2D eigenvalue weighted by Crippen LogP contribution is -2.42. The second kappa shape index (κ2) is 8.27. The van der Waals surface area contributed by atoms with Crippen molar-refractivity contribution >= 4 is 21.8 Å². The molecule has 0 fully saturated rings. The van der Waals surface area contributed by atoms with Crippen LogP contribution in [0.3, 0.4) is 0 Å². The molecule has 1 aromatic carbocycles. The van der Waals surface area contributed by atoms with Gasteiger partial charge in [-0.05, 0) is 54.1 Å². The summed E-state index contributed by atoms with van der Waals surface area (Å²) in [6.07, 6.45) is 0. The van der Waals surface area contributed by atoms with Crippen molar-refractivity contribution in [3.63, 3.8) is 0 Å². The second-order valence-corrected chi connectivity index (χ2v) is 5.48. The van der Waals surface area contributed by atoms with Gasteiger partial charge < -0.3 is 10.1 Å². The van der Waals surface area contributed by atoms with Gasteiger partial charge in [0.2, 0.25) is 0 Å². The third-order valence-corrected chi connectivity index (χ3v) is 4.07. The van der Waals surface area contributed by atoms with Crippen molar-refractivity contribution in [2.45, 2.75) is 26.8 Å². The number of carbonyl (C=O) groups excluding carboxylic acids is 1. The molecule has 0 saturated carbocycles. The van der Waals surface area contributed by atoms with Crippen LogP contribution in [0.25, 0.3) is 0 Å². The maximum atomic E-state index is 12.2. The molecule has 1 atom stereocenters. The number of ether oxygens (including phenoxy) is 1. The first-order chi connectivity index (χ1) is 9.53. The summed E-state index contributed by atoms with van der Waals surface area (Å²) in [7, 11) is 1.60. The van der Waals surface area contributed by atoms with Crippen LogP contribution in [0.1, 0.15) is 31.1 Å². The molecule has 0 aliphatic rings. The van der Waals surface area contributed by atoms with Gasteiger partial charge in [0.25, 0.3) is 5.91 Å². The van der Waals surface area contributed by atoms with Gasteiger partial charge in [0.15, 0.2) is 0 Å². The highest BCUT2D eigenvalue weighted by Gasteiger charge is 2.14. The Bertz CT molecular complexity index is 447. The van der Waals surface area contributed by atoms with E-state index in [1.807, 2.05) is 0 Å². The SMILES string of the molecule is CCN(CC)C(C)CNC(=O)c1ccc(OC)cc1Br. The molecule has 1 aromatic rings. The van der Waals surface area contributed by atoms with E-state index < -0.39 is 0 Å². The van der Waals surface area contributed by atoms with Crippen LogP contribution in [-0.4, -0.2) is 43.6 Å². The molecular weight excluding hydrogens is 320 g/mol. The normalized spacial score (nSPS) is 12.3. The van der Waals surface area contributed by atoms with Crippen molar-refractivity contribution in [2.24, 2.45) is 0 Å². The first kappa shape index (κ1) is 17.0. The summed E-state index contributed by atoms with van der Waals surface area (Å²) in [5.41, 5.74) is 0.623. The molecule has 0 aliphatic heterocycles. The fraction of sp³-hybridized carbons (Fsp3) is 0.533. The van der Waals surface area contributed by atoms with E-state index in [1.54, 1.807) is 25.3 Å².